The molecule has 32 heavy (non-hydrogen) atoms. The molecule has 0 heterocycles. The molecule has 0 aromatic heterocycles. The molecule has 166 valence electrons. The Morgan fingerprint density at radius 1 is 1.09 bits per heavy atom. The number of Topliss-reactive ketones (excluding diaryl/α,β-unsaturated/α-hetero) is 1. The van der Waals surface area contributed by atoms with Gasteiger partial charge in [-0.3, -0.25) is 4.79 Å². The van der Waals surface area contributed by atoms with Gasteiger partial charge >= 0.3 is 12.1 Å². The number of ether oxygens (including phenoxy) is 1. The van der Waals surface area contributed by atoms with E-state index in [1.54, 1.807) is 12.5 Å². The molecule has 0 saturated carbocycles. The van der Waals surface area contributed by atoms with E-state index in [1.165, 1.54) is 0 Å². The van der Waals surface area contributed by atoms with E-state index < -0.39 is 34.4 Å². The van der Waals surface area contributed by atoms with E-state index in [0.29, 0.717) is 0 Å². The van der Waals surface area contributed by atoms with Gasteiger partial charge in [0, 0.05) is 12.3 Å². The summed E-state index contributed by atoms with van der Waals surface area (Å²) in [7, 11) is -0.514. The molecular weight excluding hydrogens is 428 g/mol. The molecule has 0 unspecified atom stereocenters. The topological polar surface area (TPSA) is 116 Å². The molecular formula is C24H24N2O5S. The van der Waals surface area contributed by atoms with E-state index in [-0.39, 0.29) is 30.2 Å². The summed E-state index contributed by atoms with van der Waals surface area (Å²) in [6, 6.07) is 16.4. The first-order valence-electron chi connectivity index (χ1n) is 10.1. The zero-order valence-corrected chi connectivity index (χ0v) is 18.6. The predicted molar refractivity (Wildman–Crippen MR) is 124 cm³/mol. The van der Waals surface area contributed by atoms with Crippen molar-refractivity contribution in [2.75, 3.05) is 19.1 Å². The molecule has 1 aliphatic rings. The van der Waals surface area contributed by atoms with E-state index >= 15 is 0 Å². The SMILES string of the molecule is CS(C)=C(C#N)C(=O)CC[C@H](NC(=O)OCC1c2ccccc2-c2ccccc21)C(=O)O. The Labute approximate surface area is 188 Å². The maximum absolute atomic E-state index is 12.3. The third-order valence-corrected chi connectivity index (χ3v) is 6.49. The fraction of sp³-hybridized carbons (Fsp3) is 0.292. The molecule has 1 atom stereocenters. The second kappa shape index (κ2) is 10.2. The van der Waals surface area contributed by atoms with Crippen molar-refractivity contribution >= 4 is 33.2 Å². The summed E-state index contributed by atoms with van der Waals surface area (Å²) < 4.78 is 5.38. The van der Waals surface area contributed by atoms with Crippen LogP contribution >= 0.6 is 10.5 Å². The number of benzene rings is 2. The van der Waals surface area contributed by atoms with Gasteiger partial charge in [-0.1, -0.05) is 48.5 Å². The smallest absolute Gasteiger partial charge is 0.407 e. The third kappa shape index (κ3) is 5.06. The molecule has 3 rings (SSSR count). The highest BCUT2D eigenvalue weighted by atomic mass is 32.2. The van der Waals surface area contributed by atoms with Gasteiger partial charge in [0.25, 0.3) is 0 Å². The molecule has 0 spiro atoms. The Bertz CT molecular complexity index is 1090. The summed E-state index contributed by atoms with van der Waals surface area (Å²) in [5.74, 6) is -1.81. The fourth-order valence-electron chi connectivity index (χ4n) is 3.81. The van der Waals surface area contributed by atoms with Crippen molar-refractivity contribution in [3.05, 3.63) is 59.7 Å². The monoisotopic (exact) mass is 452 g/mol. The van der Waals surface area contributed by atoms with E-state index in [1.807, 2.05) is 54.6 Å². The molecule has 0 radical (unpaired) electrons. The number of carbonyl (C=O) groups is 3. The summed E-state index contributed by atoms with van der Waals surface area (Å²) in [6.45, 7) is 0.0615. The van der Waals surface area contributed by atoms with E-state index in [4.69, 9.17) is 10.00 Å². The normalized spacial score (nSPS) is 12.9. The molecule has 0 saturated heterocycles. The number of carboxylic acid groups (broad SMARTS) is 1. The van der Waals surface area contributed by atoms with Crippen LogP contribution in [-0.4, -0.2) is 53.0 Å². The lowest BCUT2D eigenvalue weighted by molar-refractivity contribution is -0.139. The number of ketones is 1. The minimum absolute atomic E-state index is 0.0615. The number of aliphatic carboxylic acids is 1. The van der Waals surface area contributed by atoms with Crippen molar-refractivity contribution in [1.29, 1.82) is 5.26 Å². The molecule has 0 aliphatic heterocycles. The van der Waals surface area contributed by atoms with Crippen LogP contribution in [0.2, 0.25) is 0 Å². The van der Waals surface area contributed by atoms with Gasteiger partial charge in [-0.05, 0) is 41.2 Å². The van der Waals surface area contributed by atoms with Gasteiger partial charge in [-0.2, -0.15) is 15.7 Å². The predicted octanol–water partition coefficient (Wildman–Crippen LogP) is 3.55. The number of nitrogens with one attached hydrogen (secondary N) is 1. The summed E-state index contributed by atoms with van der Waals surface area (Å²) in [5.41, 5.74) is 4.29. The second-order valence-electron chi connectivity index (χ2n) is 7.58. The van der Waals surface area contributed by atoms with Gasteiger partial charge < -0.3 is 15.2 Å². The largest absolute Gasteiger partial charge is 0.480 e. The van der Waals surface area contributed by atoms with Crippen LogP contribution in [0.5, 0.6) is 0 Å². The Morgan fingerprint density at radius 3 is 2.16 bits per heavy atom. The molecule has 2 aromatic rings. The van der Waals surface area contributed by atoms with E-state index in [2.05, 4.69) is 5.32 Å². The van der Waals surface area contributed by atoms with Crippen LogP contribution in [0, 0.1) is 11.3 Å². The van der Waals surface area contributed by atoms with Gasteiger partial charge in [-0.15, -0.1) is 0 Å². The average Bonchev–Trinajstić information content (AvgIpc) is 3.09. The first kappa shape index (κ1) is 23.2. The lowest BCUT2D eigenvalue weighted by Crippen LogP contribution is -2.42. The number of alkyl carbamates (subject to hydrolysis) is 1. The molecule has 1 amide bonds. The fourth-order valence-corrected chi connectivity index (χ4v) is 4.55. The van der Waals surface area contributed by atoms with Gasteiger partial charge in [0.2, 0.25) is 0 Å². The molecule has 1 aliphatic carbocycles. The van der Waals surface area contributed by atoms with Crippen molar-refractivity contribution in [3.63, 3.8) is 0 Å². The first-order chi connectivity index (χ1) is 15.3. The number of hydrogen-bond acceptors (Lipinski definition) is 5. The third-order valence-electron chi connectivity index (χ3n) is 5.36. The summed E-state index contributed by atoms with van der Waals surface area (Å²) in [5, 5.41) is 20.8. The highest BCUT2D eigenvalue weighted by molar-refractivity contribution is 8.16. The average molecular weight is 453 g/mol. The van der Waals surface area contributed by atoms with E-state index in [0.717, 1.165) is 22.3 Å². The van der Waals surface area contributed by atoms with Crippen LogP contribution in [-0.2, 0) is 14.3 Å². The summed E-state index contributed by atoms with van der Waals surface area (Å²) in [6.07, 6.45) is 2.37. The molecule has 2 aromatic carbocycles. The Kier molecular flexibility index (Phi) is 7.44. The number of rotatable bonds is 8. The van der Waals surface area contributed by atoms with Crippen LogP contribution in [0.4, 0.5) is 4.79 Å². The van der Waals surface area contributed by atoms with E-state index in [9.17, 15) is 19.5 Å². The number of carboxylic acids is 1. The van der Waals surface area contributed by atoms with Crippen LogP contribution in [0.25, 0.3) is 11.1 Å². The van der Waals surface area contributed by atoms with Gasteiger partial charge in [0.1, 0.15) is 23.6 Å². The molecule has 8 heteroatoms. The van der Waals surface area contributed by atoms with Crippen molar-refractivity contribution in [2.45, 2.75) is 24.8 Å². The maximum atomic E-state index is 12.3. The minimum atomic E-state index is -1.29. The number of nitriles is 1. The Hall–Kier alpha value is -3.44. The number of fused-ring (bicyclic) bond motifs is 3. The van der Waals surface area contributed by atoms with Crippen molar-refractivity contribution in [3.8, 4) is 17.2 Å². The zero-order valence-electron chi connectivity index (χ0n) is 17.8. The van der Waals surface area contributed by atoms with Crippen LogP contribution in [0.3, 0.4) is 0 Å². The van der Waals surface area contributed by atoms with Crippen LogP contribution in [0.15, 0.2) is 48.5 Å². The molecule has 0 fully saturated rings. The van der Waals surface area contributed by atoms with Crippen molar-refractivity contribution < 1.29 is 24.2 Å². The summed E-state index contributed by atoms with van der Waals surface area (Å²) >= 11 is 0. The number of carbonyl (C=O) groups excluding carboxylic acids is 2. The van der Waals surface area contributed by atoms with Gasteiger partial charge in [-0.25, -0.2) is 9.59 Å². The summed E-state index contributed by atoms with van der Waals surface area (Å²) in [4.78, 5) is 36.2. The maximum Gasteiger partial charge on any atom is 0.407 e. The molecule has 0 bridgehead atoms. The first-order valence-corrected chi connectivity index (χ1v) is 12.1. The Balaban J connectivity index is 1.62. The van der Waals surface area contributed by atoms with Crippen LogP contribution in [0.1, 0.15) is 29.9 Å². The lowest BCUT2D eigenvalue weighted by atomic mass is 9.98. The van der Waals surface area contributed by atoms with Gasteiger partial charge in [0.05, 0.1) is 0 Å². The highest BCUT2D eigenvalue weighted by Crippen LogP contribution is 2.44. The highest BCUT2D eigenvalue weighted by Gasteiger charge is 2.30. The number of nitrogens with zero attached hydrogens (tertiary/aromatic N) is 1. The lowest BCUT2D eigenvalue weighted by Gasteiger charge is -2.17. The zero-order chi connectivity index (χ0) is 23.3. The number of hydrogen-bond donors (Lipinski definition) is 2. The Morgan fingerprint density at radius 2 is 1.66 bits per heavy atom. The molecule has 2 N–H and O–H groups in total. The van der Waals surface area contributed by atoms with Crippen LogP contribution < -0.4 is 5.32 Å². The number of amides is 1. The molecule has 7 nitrogen and oxygen atoms in total. The minimum Gasteiger partial charge on any atom is -0.480 e. The second-order valence-corrected chi connectivity index (χ2v) is 9.62. The van der Waals surface area contributed by atoms with Gasteiger partial charge in [0.15, 0.2) is 5.78 Å². The standard InChI is InChI=1S/C24H24N2O5S/c1-32(2)22(13-25)21(27)12-11-20(23(28)29)26-24(30)31-14-19-17-9-5-3-7-15(17)16-8-4-6-10-18(16)19/h3-10,19-20H,11-12,14H2,1-2H3,(H,26,30)(H,28,29)/t20-/m0/s1. The van der Waals surface area contributed by atoms with Crippen molar-refractivity contribution in [2.24, 2.45) is 0 Å². The quantitative estimate of drug-likeness (QED) is 0.592. The van der Waals surface area contributed by atoms with Crippen molar-refractivity contribution in [1.82, 2.24) is 5.32 Å².